The molecule has 0 N–H and O–H groups in total. The third-order valence-electron chi connectivity index (χ3n) is 4.08. The molecule has 1 heteroatoms. The molecule has 0 spiro atoms. The van der Waals surface area contributed by atoms with E-state index in [1.165, 1.54) is 21.9 Å². The van der Waals surface area contributed by atoms with Gasteiger partial charge < -0.3 is 0 Å². The van der Waals surface area contributed by atoms with Crippen LogP contribution in [0.1, 0.15) is 30.7 Å². The molecule has 0 aliphatic heterocycles. The number of hydrogen-bond donors (Lipinski definition) is 0. The van der Waals surface area contributed by atoms with Crippen LogP contribution in [0.3, 0.4) is 0 Å². The fourth-order valence-corrected chi connectivity index (χ4v) is 3.02. The van der Waals surface area contributed by atoms with Gasteiger partial charge in [-0.25, -0.2) is 0 Å². The second kappa shape index (κ2) is 4.75. The summed E-state index contributed by atoms with van der Waals surface area (Å²) in [7, 11) is 0. The summed E-state index contributed by atoms with van der Waals surface area (Å²) in [6.07, 6.45) is 1.91. The Morgan fingerprint density at radius 1 is 0.850 bits per heavy atom. The predicted octanol–water partition coefficient (Wildman–Crippen LogP) is 4.87. The molecule has 0 atom stereocenters. The summed E-state index contributed by atoms with van der Waals surface area (Å²) >= 11 is 0. The Morgan fingerprint density at radius 3 is 2.35 bits per heavy atom. The average Bonchev–Trinajstić information content (AvgIpc) is 2.47. The van der Waals surface area contributed by atoms with Gasteiger partial charge in [-0.05, 0) is 29.5 Å². The molecule has 100 valence electrons. The number of fused-ring (bicyclic) bond motifs is 1. The topological polar surface area (TPSA) is 12.9 Å². The van der Waals surface area contributed by atoms with Gasteiger partial charge in [0.2, 0.25) is 0 Å². The van der Waals surface area contributed by atoms with Crippen LogP contribution in [0, 0.1) is 6.92 Å². The highest BCUT2D eigenvalue weighted by atomic mass is 14.7. The van der Waals surface area contributed by atoms with Crippen molar-refractivity contribution >= 4 is 10.8 Å². The second-order valence-electron chi connectivity index (χ2n) is 5.82. The Morgan fingerprint density at radius 2 is 1.55 bits per heavy atom. The molecule has 0 radical (unpaired) electrons. The summed E-state index contributed by atoms with van der Waals surface area (Å²) in [5.74, 6) is 0. The van der Waals surface area contributed by atoms with Gasteiger partial charge in [0.1, 0.15) is 0 Å². The summed E-state index contributed by atoms with van der Waals surface area (Å²) in [4.78, 5) is 4.70. The average molecular weight is 261 g/mol. The van der Waals surface area contributed by atoms with Crippen LogP contribution in [0.15, 0.2) is 60.8 Å². The van der Waals surface area contributed by atoms with Gasteiger partial charge in [-0.3, -0.25) is 4.98 Å². The van der Waals surface area contributed by atoms with E-state index in [0.29, 0.717) is 0 Å². The van der Waals surface area contributed by atoms with Crippen LogP contribution in [-0.2, 0) is 5.41 Å². The Kier molecular flexibility index (Phi) is 3.06. The number of aromatic nitrogens is 1. The maximum Gasteiger partial charge on any atom is 0.0581 e. The van der Waals surface area contributed by atoms with E-state index >= 15 is 0 Å². The quantitative estimate of drug-likeness (QED) is 0.641. The number of pyridine rings is 1. The van der Waals surface area contributed by atoms with E-state index in [9.17, 15) is 0 Å². The summed E-state index contributed by atoms with van der Waals surface area (Å²) in [5.41, 5.74) is 3.69. The Balaban J connectivity index is 2.27. The van der Waals surface area contributed by atoms with E-state index in [0.717, 1.165) is 5.69 Å². The molecule has 2 aromatic carbocycles. The molecule has 3 rings (SSSR count). The second-order valence-corrected chi connectivity index (χ2v) is 5.82. The van der Waals surface area contributed by atoms with Crippen molar-refractivity contribution in [1.29, 1.82) is 0 Å². The first-order chi connectivity index (χ1) is 9.60. The Hall–Kier alpha value is -2.15. The van der Waals surface area contributed by atoms with Crippen molar-refractivity contribution in [2.24, 2.45) is 0 Å². The van der Waals surface area contributed by atoms with Gasteiger partial charge in [0.05, 0.1) is 5.69 Å². The van der Waals surface area contributed by atoms with Crippen LogP contribution in [0.4, 0.5) is 0 Å². The first-order valence-corrected chi connectivity index (χ1v) is 7.01. The molecule has 3 aromatic rings. The summed E-state index contributed by atoms with van der Waals surface area (Å²) < 4.78 is 0. The lowest BCUT2D eigenvalue weighted by atomic mass is 9.77. The summed E-state index contributed by atoms with van der Waals surface area (Å²) in [5, 5.41) is 2.49. The molecule has 0 saturated carbocycles. The van der Waals surface area contributed by atoms with Gasteiger partial charge in [0.15, 0.2) is 0 Å². The molecular formula is C19H19N. The smallest absolute Gasteiger partial charge is 0.0581 e. The van der Waals surface area contributed by atoms with Gasteiger partial charge in [0.25, 0.3) is 0 Å². The number of nitrogens with zero attached hydrogens (tertiary/aromatic N) is 1. The fourth-order valence-electron chi connectivity index (χ4n) is 3.02. The Bertz CT molecular complexity index is 751. The van der Waals surface area contributed by atoms with Gasteiger partial charge >= 0.3 is 0 Å². The van der Waals surface area contributed by atoms with Crippen molar-refractivity contribution in [1.82, 2.24) is 4.98 Å². The number of rotatable bonds is 2. The third kappa shape index (κ3) is 2.00. The molecule has 20 heavy (non-hydrogen) atoms. The molecule has 0 amide bonds. The molecule has 0 saturated heterocycles. The van der Waals surface area contributed by atoms with E-state index in [1.54, 1.807) is 0 Å². The van der Waals surface area contributed by atoms with Crippen molar-refractivity contribution in [3.63, 3.8) is 0 Å². The van der Waals surface area contributed by atoms with Gasteiger partial charge in [0, 0.05) is 17.0 Å². The van der Waals surface area contributed by atoms with Crippen LogP contribution in [-0.4, -0.2) is 4.98 Å². The Labute approximate surface area is 120 Å². The molecule has 1 nitrogen and oxygen atoms in total. The molecule has 0 aliphatic carbocycles. The van der Waals surface area contributed by atoms with Crippen molar-refractivity contribution in [3.05, 3.63) is 77.6 Å². The zero-order valence-electron chi connectivity index (χ0n) is 12.2. The number of hydrogen-bond acceptors (Lipinski definition) is 1. The van der Waals surface area contributed by atoms with Crippen molar-refractivity contribution in [3.8, 4) is 0 Å². The summed E-state index contributed by atoms with van der Waals surface area (Å²) in [6.45, 7) is 6.68. The lowest BCUT2D eigenvalue weighted by molar-refractivity contribution is 0.619. The monoisotopic (exact) mass is 261 g/mol. The minimum absolute atomic E-state index is 0.105. The van der Waals surface area contributed by atoms with Crippen molar-refractivity contribution < 1.29 is 0 Å². The highest BCUT2D eigenvalue weighted by Crippen LogP contribution is 2.35. The minimum atomic E-state index is -0.105. The van der Waals surface area contributed by atoms with Crippen LogP contribution in [0.5, 0.6) is 0 Å². The van der Waals surface area contributed by atoms with E-state index < -0.39 is 0 Å². The first kappa shape index (κ1) is 12.9. The highest BCUT2D eigenvalue weighted by Gasteiger charge is 2.27. The van der Waals surface area contributed by atoms with Crippen molar-refractivity contribution in [2.75, 3.05) is 0 Å². The number of aryl methyl sites for hydroxylation is 1. The molecule has 1 heterocycles. The zero-order valence-corrected chi connectivity index (χ0v) is 12.2. The van der Waals surface area contributed by atoms with Crippen LogP contribution >= 0.6 is 0 Å². The van der Waals surface area contributed by atoms with Crippen LogP contribution in [0.25, 0.3) is 10.8 Å². The maximum atomic E-state index is 4.70. The fraction of sp³-hybridized carbons (Fsp3) is 0.211. The van der Waals surface area contributed by atoms with Gasteiger partial charge in [-0.1, -0.05) is 62.4 Å². The zero-order chi connectivity index (χ0) is 14.2. The van der Waals surface area contributed by atoms with E-state index in [-0.39, 0.29) is 5.41 Å². The lowest BCUT2D eigenvalue weighted by Crippen LogP contribution is -2.22. The first-order valence-electron chi connectivity index (χ1n) is 7.01. The standard InChI is InChI=1S/C19H19N/c1-14-8-4-7-11-17(14)19(2,3)18-16-10-6-5-9-15(16)12-13-20-18/h4-13H,1-3H3. The third-order valence-corrected chi connectivity index (χ3v) is 4.08. The maximum absolute atomic E-state index is 4.70. The molecule has 0 unspecified atom stereocenters. The SMILES string of the molecule is Cc1ccccc1C(C)(C)c1nccc2ccccc12. The van der Waals surface area contributed by atoms with Gasteiger partial charge in [-0.15, -0.1) is 0 Å². The molecule has 1 aromatic heterocycles. The van der Waals surface area contributed by atoms with E-state index in [1.807, 2.05) is 6.20 Å². The van der Waals surface area contributed by atoms with Gasteiger partial charge in [-0.2, -0.15) is 0 Å². The molecular weight excluding hydrogens is 242 g/mol. The predicted molar refractivity (Wildman–Crippen MR) is 85.1 cm³/mol. The van der Waals surface area contributed by atoms with E-state index in [4.69, 9.17) is 4.98 Å². The molecule has 0 bridgehead atoms. The minimum Gasteiger partial charge on any atom is -0.260 e. The van der Waals surface area contributed by atoms with Crippen LogP contribution < -0.4 is 0 Å². The molecule has 0 aliphatic rings. The van der Waals surface area contributed by atoms with E-state index in [2.05, 4.69) is 75.4 Å². The lowest BCUT2D eigenvalue weighted by Gasteiger charge is -2.28. The normalized spacial score (nSPS) is 11.8. The highest BCUT2D eigenvalue weighted by molar-refractivity contribution is 5.85. The van der Waals surface area contributed by atoms with Crippen LogP contribution in [0.2, 0.25) is 0 Å². The number of benzene rings is 2. The largest absolute Gasteiger partial charge is 0.260 e. The van der Waals surface area contributed by atoms with Crippen molar-refractivity contribution in [2.45, 2.75) is 26.2 Å². The molecule has 0 fully saturated rings. The summed E-state index contributed by atoms with van der Waals surface area (Å²) in [6, 6.07) is 19.1.